The van der Waals surface area contributed by atoms with Crippen molar-refractivity contribution < 1.29 is 18.7 Å². The van der Waals surface area contributed by atoms with Crippen LogP contribution in [0, 0.1) is 5.82 Å². The lowest BCUT2D eigenvalue weighted by Crippen LogP contribution is -2.48. The number of unbranched alkanes of at least 4 members (excludes halogenated alkanes) is 1. The summed E-state index contributed by atoms with van der Waals surface area (Å²) >= 11 is 5.98. The SMILES string of the molecule is CC(C)(C)OC(=O)N1CC(CCCC[Si](C)(C)C(C)(C)C)n2nc(-c3ccc(F)c(Cl)c3)cc2C1=O. The van der Waals surface area contributed by atoms with Crippen molar-refractivity contribution in [3.8, 4) is 11.3 Å². The molecular formula is C27H39ClFN3O3Si. The van der Waals surface area contributed by atoms with Crippen molar-refractivity contribution >= 4 is 31.7 Å². The highest BCUT2D eigenvalue weighted by molar-refractivity contribution is 6.80. The molecule has 1 unspecified atom stereocenters. The molecule has 0 N–H and O–H groups in total. The fourth-order valence-electron chi connectivity index (χ4n) is 4.15. The van der Waals surface area contributed by atoms with Crippen molar-refractivity contribution in [1.82, 2.24) is 14.7 Å². The lowest BCUT2D eigenvalue weighted by Gasteiger charge is -2.37. The number of fused-ring (bicyclic) bond motifs is 1. The molecule has 1 aromatic carbocycles. The monoisotopic (exact) mass is 535 g/mol. The minimum absolute atomic E-state index is 0.0117. The normalized spacial score (nSPS) is 16.8. The Morgan fingerprint density at radius 3 is 2.42 bits per heavy atom. The zero-order valence-corrected chi connectivity index (χ0v) is 24.5. The van der Waals surface area contributed by atoms with E-state index < -0.39 is 31.5 Å². The van der Waals surface area contributed by atoms with Crippen molar-refractivity contribution in [3.05, 3.63) is 40.8 Å². The van der Waals surface area contributed by atoms with Crippen LogP contribution in [0.15, 0.2) is 24.3 Å². The molecule has 1 atom stereocenters. The molecule has 0 spiro atoms. The summed E-state index contributed by atoms with van der Waals surface area (Å²) in [5.74, 6) is -0.968. The van der Waals surface area contributed by atoms with E-state index in [1.54, 1.807) is 37.6 Å². The van der Waals surface area contributed by atoms with Gasteiger partial charge in [0.2, 0.25) is 0 Å². The first-order valence-corrected chi connectivity index (χ1v) is 16.2. The van der Waals surface area contributed by atoms with Gasteiger partial charge in [-0.05, 0) is 56.5 Å². The van der Waals surface area contributed by atoms with Gasteiger partial charge < -0.3 is 4.74 Å². The molecule has 0 aliphatic carbocycles. The molecule has 6 nitrogen and oxygen atoms in total. The Morgan fingerprint density at radius 1 is 1.17 bits per heavy atom. The largest absolute Gasteiger partial charge is 0.443 e. The number of carbonyl (C=O) groups is 2. The highest BCUT2D eigenvalue weighted by atomic mass is 35.5. The molecule has 1 aliphatic rings. The van der Waals surface area contributed by atoms with Gasteiger partial charge in [-0.15, -0.1) is 0 Å². The summed E-state index contributed by atoms with van der Waals surface area (Å²) in [5.41, 5.74) is 0.718. The molecule has 9 heteroatoms. The number of amides is 2. The lowest BCUT2D eigenvalue weighted by atomic mass is 10.1. The van der Waals surface area contributed by atoms with Gasteiger partial charge in [0.05, 0.1) is 31.4 Å². The molecule has 0 saturated heterocycles. The topological polar surface area (TPSA) is 64.4 Å². The molecule has 0 saturated carbocycles. The Bertz CT molecular complexity index is 1130. The average Bonchev–Trinajstić information content (AvgIpc) is 3.18. The minimum atomic E-state index is -1.39. The zero-order valence-electron chi connectivity index (χ0n) is 22.7. The van der Waals surface area contributed by atoms with E-state index in [1.807, 2.05) is 0 Å². The Hall–Kier alpha value is -2.19. The lowest BCUT2D eigenvalue weighted by molar-refractivity contribution is 0.0178. The molecule has 2 aromatic rings. The van der Waals surface area contributed by atoms with Gasteiger partial charge >= 0.3 is 6.09 Å². The first-order chi connectivity index (χ1) is 16.5. The van der Waals surface area contributed by atoms with Gasteiger partial charge in [-0.3, -0.25) is 9.48 Å². The number of hydrogen-bond acceptors (Lipinski definition) is 4. The Morgan fingerprint density at radius 2 is 1.83 bits per heavy atom. The van der Waals surface area contributed by atoms with Crippen molar-refractivity contribution in [1.29, 1.82) is 0 Å². The smallest absolute Gasteiger partial charge is 0.417 e. The van der Waals surface area contributed by atoms with Crippen molar-refractivity contribution in [3.63, 3.8) is 0 Å². The molecule has 3 rings (SSSR count). The van der Waals surface area contributed by atoms with Crippen molar-refractivity contribution in [2.45, 2.75) is 96.6 Å². The maximum Gasteiger partial charge on any atom is 0.417 e. The number of imide groups is 1. The van der Waals surface area contributed by atoms with Crippen LogP contribution >= 0.6 is 11.6 Å². The Balaban J connectivity index is 1.87. The summed E-state index contributed by atoms with van der Waals surface area (Å²) in [7, 11) is -1.39. The average molecular weight is 536 g/mol. The van der Waals surface area contributed by atoms with Gasteiger partial charge in [0.15, 0.2) is 0 Å². The summed E-state index contributed by atoms with van der Waals surface area (Å²) in [4.78, 5) is 27.4. The molecule has 198 valence electrons. The molecule has 1 aromatic heterocycles. The number of nitrogens with zero attached hydrogens (tertiary/aromatic N) is 3. The Labute approximate surface area is 220 Å². The number of hydrogen-bond donors (Lipinski definition) is 0. The third-order valence-corrected chi connectivity index (χ3v) is 13.3. The van der Waals surface area contributed by atoms with E-state index >= 15 is 0 Å². The number of benzene rings is 1. The Kier molecular flexibility index (Phi) is 8.11. The third-order valence-electron chi connectivity index (χ3n) is 7.39. The summed E-state index contributed by atoms with van der Waals surface area (Å²) in [6.07, 6.45) is 2.17. The van der Waals surface area contributed by atoms with Crippen LogP contribution in [0.4, 0.5) is 9.18 Å². The predicted molar refractivity (Wildman–Crippen MR) is 145 cm³/mol. The van der Waals surface area contributed by atoms with E-state index in [2.05, 4.69) is 33.9 Å². The summed E-state index contributed by atoms with van der Waals surface area (Å²) < 4.78 is 21.0. The van der Waals surface area contributed by atoms with Crippen LogP contribution in [0.3, 0.4) is 0 Å². The molecule has 1 aliphatic heterocycles. The maximum atomic E-state index is 13.7. The van der Waals surface area contributed by atoms with Crippen LogP contribution in [0.2, 0.25) is 29.2 Å². The van der Waals surface area contributed by atoms with E-state index in [0.29, 0.717) is 22.0 Å². The zero-order chi connectivity index (χ0) is 27.1. The number of carbonyl (C=O) groups excluding carboxylic acids is 2. The van der Waals surface area contributed by atoms with Gasteiger partial charge in [0.1, 0.15) is 17.1 Å². The highest BCUT2D eigenvalue weighted by Gasteiger charge is 2.39. The van der Waals surface area contributed by atoms with Crippen LogP contribution in [-0.4, -0.2) is 46.9 Å². The molecule has 0 radical (unpaired) electrons. The summed E-state index contributed by atoms with van der Waals surface area (Å²) in [5, 5.41) is 5.02. The van der Waals surface area contributed by atoms with Gasteiger partial charge in [0.25, 0.3) is 5.91 Å². The van der Waals surface area contributed by atoms with E-state index in [0.717, 1.165) is 19.3 Å². The number of rotatable bonds is 6. The van der Waals surface area contributed by atoms with Crippen LogP contribution in [0.25, 0.3) is 11.3 Å². The van der Waals surface area contributed by atoms with E-state index in [-0.39, 0.29) is 17.6 Å². The van der Waals surface area contributed by atoms with Crippen LogP contribution < -0.4 is 0 Å². The standard InChI is InChI=1S/C27H39ClFN3O3Si/c1-26(2,3)35-25(34)31-17-19(11-9-10-14-36(7,8)27(4,5)6)32-23(24(31)33)16-22(30-32)18-12-13-21(29)20(28)15-18/h12-13,15-16,19H,9-11,14,17H2,1-8H3. The van der Waals surface area contributed by atoms with Gasteiger partial charge in [-0.25, -0.2) is 14.1 Å². The molecule has 0 bridgehead atoms. The maximum absolute atomic E-state index is 13.7. The number of halogens is 2. The van der Waals surface area contributed by atoms with E-state index in [1.165, 1.54) is 23.1 Å². The summed E-state index contributed by atoms with van der Waals surface area (Å²) in [6, 6.07) is 7.04. The minimum Gasteiger partial charge on any atom is -0.443 e. The highest BCUT2D eigenvalue weighted by Crippen LogP contribution is 2.40. The second kappa shape index (κ2) is 10.3. The van der Waals surface area contributed by atoms with E-state index in [4.69, 9.17) is 21.4 Å². The van der Waals surface area contributed by atoms with E-state index in [9.17, 15) is 14.0 Å². The van der Waals surface area contributed by atoms with Gasteiger partial charge in [-0.2, -0.15) is 5.10 Å². The fourth-order valence-corrected chi connectivity index (χ4v) is 6.21. The summed E-state index contributed by atoms with van der Waals surface area (Å²) in [6.45, 7) is 17.4. The van der Waals surface area contributed by atoms with Gasteiger partial charge in [0, 0.05) is 5.56 Å². The quantitative estimate of drug-likeness (QED) is 0.278. The van der Waals surface area contributed by atoms with Gasteiger partial charge in [-0.1, -0.05) is 64.4 Å². The third kappa shape index (κ3) is 6.38. The molecular weight excluding hydrogens is 497 g/mol. The predicted octanol–water partition coefficient (Wildman–Crippen LogP) is 7.95. The second-order valence-corrected chi connectivity index (χ2v) is 18.6. The van der Waals surface area contributed by atoms with Crippen molar-refractivity contribution in [2.75, 3.05) is 6.54 Å². The fraction of sp³-hybridized carbons (Fsp3) is 0.593. The number of aromatic nitrogens is 2. The van der Waals surface area contributed by atoms with Crippen molar-refractivity contribution in [2.24, 2.45) is 0 Å². The second-order valence-electron chi connectivity index (χ2n) is 12.4. The molecule has 2 heterocycles. The van der Waals surface area contributed by atoms with Crippen LogP contribution in [0.1, 0.15) is 77.3 Å². The first kappa shape index (κ1) is 28.4. The molecule has 36 heavy (non-hydrogen) atoms. The number of ether oxygens (including phenoxy) is 1. The van der Waals surface area contributed by atoms with Crippen LogP contribution in [-0.2, 0) is 4.74 Å². The van der Waals surface area contributed by atoms with Crippen LogP contribution in [0.5, 0.6) is 0 Å². The molecule has 2 amide bonds. The molecule has 0 fully saturated rings. The first-order valence-electron chi connectivity index (χ1n) is 12.6.